The van der Waals surface area contributed by atoms with Crippen molar-refractivity contribution >= 4 is 38.6 Å². The van der Waals surface area contributed by atoms with Crippen LogP contribution in [0.4, 0.5) is 18.3 Å². The van der Waals surface area contributed by atoms with E-state index in [9.17, 15) is 22.8 Å². The molecule has 0 saturated heterocycles. The molecule has 160 valence electrons. The largest absolute Gasteiger partial charge is 0.463 e. The van der Waals surface area contributed by atoms with Gasteiger partial charge in [-0.05, 0) is 44.4 Å². The lowest BCUT2D eigenvalue weighted by atomic mass is 10.1. The lowest BCUT2D eigenvalue weighted by Crippen LogP contribution is -2.69. The van der Waals surface area contributed by atoms with E-state index in [0.717, 1.165) is 22.5 Å². The van der Waals surface area contributed by atoms with Gasteiger partial charge in [-0.25, -0.2) is 9.78 Å². The van der Waals surface area contributed by atoms with Crippen LogP contribution in [0.15, 0.2) is 12.1 Å². The fourth-order valence-electron chi connectivity index (χ4n) is 2.82. The number of amides is 1. The van der Waals surface area contributed by atoms with Crippen molar-refractivity contribution in [1.82, 2.24) is 10.3 Å². The molecule has 2 aromatic rings. The average Bonchev–Trinajstić information content (AvgIpc) is 3.01. The minimum Gasteiger partial charge on any atom is -0.463 e. The van der Waals surface area contributed by atoms with Crippen LogP contribution < -0.4 is 10.6 Å². The lowest BCUT2D eigenvalue weighted by Gasteiger charge is -2.34. The number of anilines is 1. The topological polar surface area (TPSA) is 80.3 Å². The summed E-state index contributed by atoms with van der Waals surface area (Å²) in [5.41, 5.74) is -1.17. The first-order valence-electron chi connectivity index (χ1n) is 9.25. The van der Waals surface area contributed by atoms with E-state index in [1.807, 2.05) is 18.3 Å². The SMILES string of the molecule is CCCCC(=O)NC(Nc1nc2c(C)cc(C)cc2s1)(C(=O)OCC)C(F)(F)F. The van der Waals surface area contributed by atoms with Gasteiger partial charge < -0.3 is 15.4 Å². The second kappa shape index (κ2) is 8.98. The molecule has 1 aromatic carbocycles. The molecule has 0 aliphatic carbocycles. The number of hydrogen-bond donors (Lipinski definition) is 2. The van der Waals surface area contributed by atoms with Crippen molar-refractivity contribution in [3.63, 3.8) is 0 Å². The van der Waals surface area contributed by atoms with Crippen molar-refractivity contribution in [1.29, 1.82) is 0 Å². The summed E-state index contributed by atoms with van der Waals surface area (Å²) in [5, 5.41) is 3.82. The molecule has 1 unspecified atom stereocenters. The highest BCUT2D eigenvalue weighted by atomic mass is 32.1. The Bertz CT molecular complexity index is 898. The molecule has 6 nitrogen and oxygen atoms in total. The third-order valence-electron chi connectivity index (χ3n) is 4.22. The van der Waals surface area contributed by atoms with E-state index < -0.39 is 23.7 Å². The molecular weight excluding hydrogens is 407 g/mol. The summed E-state index contributed by atoms with van der Waals surface area (Å²) in [6.45, 7) is 6.59. The predicted molar refractivity (Wildman–Crippen MR) is 106 cm³/mol. The van der Waals surface area contributed by atoms with E-state index in [1.54, 1.807) is 19.9 Å². The molecule has 0 radical (unpaired) electrons. The van der Waals surface area contributed by atoms with Crippen molar-refractivity contribution in [2.45, 2.75) is 58.8 Å². The van der Waals surface area contributed by atoms with E-state index in [4.69, 9.17) is 0 Å². The molecule has 0 aliphatic rings. The Morgan fingerprint density at radius 2 is 1.90 bits per heavy atom. The summed E-state index contributed by atoms with van der Waals surface area (Å²) in [7, 11) is 0. The Hall–Kier alpha value is -2.36. The molecule has 0 bridgehead atoms. The van der Waals surface area contributed by atoms with Gasteiger partial charge in [-0.15, -0.1) is 0 Å². The fourth-order valence-corrected chi connectivity index (χ4v) is 3.92. The summed E-state index contributed by atoms with van der Waals surface area (Å²) in [6, 6.07) is 3.66. The molecule has 1 aromatic heterocycles. The zero-order valence-electron chi connectivity index (χ0n) is 16.7. The number of halogens is 3. The number of nitrogens with one attached hydrogen (secondary N) is 2. The normalized spacial score (nSPS) is 13.8. The molecule has 1 atom stereocenters. The molecular formula is C19H24F3N3O3S. The Morgan fingerprint density at radius 3 is 2.48 bits per heavy atom. The summed E-state index contributed by atoms with van der Waals surface area (Å²) < 4.78 is 47.7. The van der Waals surface area contributed by atoms with Crippen molar-refractivity contribution in [2.75, 3.05) is 11.9 Å². The van der Waals surface area contributed by atoms with Crippen molar-refractivity contribution in [3.8, 4) is 0 Å². The van der Waals surface area contributed by atoms with Crippen LogP contribution in [0.2, 0.25) is 0 Å². The number of unbranched alkanes of at least 4 members (excludes halogenated alkanes) is 1. The van der Waals surface area contributed by atoms with Crippen LogP contribution in [-0.2, 0) is 14.3 Å². The molecule has 0 aliphatic heterocycles. The van der Waals surface area contributed by atoms with Crippen LogP contribution in [0.1, 0.15) is 44.2 Å². The first-order chi connectivity index (χ1) is 13.5. The fraction of sp³-hybridized carbons (Fsp3) is 0.526. The minimum atomic E-state index is -5.16. The van der Waals surface area contributed by atoms with Gasteiger partial charge in [0.1, 0.15) is 0 Å². The Morgan fingerprint density at radius 1 is 1.21 bits per heavy atom. The van der Waals surface area contributed by atoms with Gasteiger partial charge in [0.25, 0.3) is 0 Å². The monoisotopic (exact) mass is 431 g/mol. The summed E-state index contributed by atoms with van der Waals surface area (Å²) in [6.07, 6.45) is -4.30. The van der Waals surface area contributed by atoms with Crippen LogP contribution in [0.5, 0.6) is 0 Å². The van der Waals surface area contributed by atoms with Gasteiger partial charge in [-0.1, -0.05) is 30.7 Å². The van der Waals surface area contributed by atoms with Gasteiger partial charge in [-0.3, -0.25) is 4.79 Å². The highest BCUT2D eigenvalue weighted by Gasteiger charge is 2.64. The maximum atomic E-state index is 14.1. The smallest absolute Gasteiger partial charge is 0.442 e. The van der Waals surface area contributed by atoms with E-state index in [1.165, 1.54) is 6.92 Å². The minimum absolute atomic E-state index is 0.144. The van der Waals surface area contributed by atoms with Gasteiger partial charge >= 0.3 is 17.8 Å². The number of alkyl halides is 3. The van der Waals surface area contributed by atoms with Crippen LogP contribution in [0.3, 0.4) is 0 Å². The number of rotatable bonds is 8. The summed E-state index contributed by atoms with van der Waals surface area (Å²) in [5.74, 6) is -2.54. The second-order valence-corrected chi connectivity index (χ2v) is 7.72. The molecule has 0 saturated carbocycles. The number of thiazole rings is 1. The third-order valence-corrected chi connectivity index (χ3v) is 5.13. The summed E-state index contributed by atoms with van der Waals surface area (Å²) in [4.78, 5) is 28.8. The van der Waals surface area contributed by atoms with Crippen molar-refractivity contribution < 1.29 is 27.5 Å². The predicted octanol–water partition coefficient (Wildman–Crippen LogP) is 4.45. The average molecular weight is 431 g/mol. The quantitative estimate of drug-likeness (QED) is 0.477. The Kier molecular flexibility index (Phi) is 7.10. The number of esters is 1. The van der Waals surface area contributed by atoms with Gasteiger partial charge in [-0.2, -0.15) is 13.2 Å². The van der Waals surface area contributed by atoms with Crippen LogP contribution >= 0.6 is 11.3 Å². The van der Waals surface area contributed by atoms with Crippen LogP contribution in [-0.4, -0.2) is 35.3 Å². The molecule has 2 N–H and O–H groups in total. The van der Waals surface area contributed by atoms with E-state index in [2.05, 4.69) is 15.0 Å². The molecule has 1 heterocycles. The van der Waals surface area contributed by atoms with Crippen LogP contribution in [0, 0.1) is 13.8 Å². The molecule has 10 heteroatoms. The van der Waals surface area contributed by atoms with E-state index in [0.29, 0.717) is 23.1 Å². The van der Waals surface area contributed by atoms with E-state index in [-0.39, 0.29) is 18.2 Å². The first kappa shape index (κ1) is 22.9. The number of ether oxygens (including phenoxy) is 1. The number of carbonyl (C=O) groups is 2. The number of nitrogens with zero attached hydrogens (tertiary/aromatic N) is 1. The number of hydrogen-bond acceptors (Lipinski definition) is 6. The Labute approximate surface area is 170 Å². The van der Waals surface area contributed by atoms with Gasteiger partial charge in [0, 0.05) is 6.42 Å². The number of carbonyl (C=O) groups excluding carboxylic acids is 2. The number of fused-ring (bicyclic) bond motifs is 1. The molecule has 0 spiro atoms. The number of aryl methyl sites for hydroxylation is 2. The third kappa shape index (κ3) is 4.98. The van der Waals surface area contributed by atoms with Crippen LogP contribution in [0.25, 0.3) is 10.2 Å². The first-order valence-corrected chi connectivity index (χ1v) is 10.1. The number of benzene rings is 1. The van der Waals surface area contributed by atoms with Gasteiger partial charge in [0.2, 0.25) is 5.91 Å². The number of aromatic nitrogens is 1. The van der Waals surface area contributed by atoms with Crippen molar-refractivity contribution in [3.05, 3.63) is 23.3 Å². The second-order valence-electron chi connectivity index (χ2n) is 6.69. The summed E-state index contributed by atoms with van der Waals surface area (Å²) >= 11 is 0.968. The molecule has 1 amide bonds. The highest BCUT2D eigenvalue weighted by Crippen LogP contribution is 2.36. The maximum absolute atomic E-state index is 14.1. The molecule has 29 heavy (non-hydrogen) atoms. The molecule has 0 fully saturated rings. The van der Waals surface area contributed by atoms with Gasteiger partial charge in [0.05, 0.1) is 16.8 Å². The molecule has 2 rings (SSSR count). The Balaban J connectivity index is 2.51. The van der Waals surface area contributed by atoms with Crippen molar-refractivity contribution in [2.24, 2.45) is 0 Å². The maximum Gasteiger partial charge on any atom is 0.442 e. The van der Waals surface area contributed by atoms with E-state index >= 15 is 0 Å². The standard InChI is InChI=1S/C19H24F3N3O3S/c1-5-7-8-14(26)24-18(19(20,21)22,16(27)28-6-2)25-17-23-15-12(4)9-11(3)10-13(15)29-17/h9-10H,5-8H2,1-4H3,(H,23,25)(H,24,26). The highest BCUT2D eigenvalue weighted by molar-refractivity contribution is 7.22. The van der Waals surface area contributed by atoms with Gasteiger partial charge in [0.15, 0.2) is 5.13 Å². The lowest BCUT2D eigenvalue weighted by molar-refractivity contribution is -0.207. The zero-order chi connectivity index (χ0) is 21.8. The zero-order valence-corrected chi connectivity index (χ0v) is 17.5.